The van der Waals surface area contributed by atoms with Gasteiger partial charge in [0.25, 0.3) is 0 Å². The SMILES string of the molecule is CCc1ccc2c(c1)C(=O)CC1(CCN(Cc3ccccc3F)CC1)O2. The number of carbonyl (C=O) groups is 1. The maximum atomic E-state index is 13.9. The van der Waals surface area contributed by atoms with Crippen molar-refractivity contribution in [1.29, 1.82) is 0 Å². The molecule has 0 saturated carbocycles. The first kappa shape index (κ1) is 17.2. The molecule has 2 aliphatic heterocycles. The number of nitrogens with zero attached hydrogens (tertiary/aromatic N) is 1. The zero-order valence-corrected chi connectivity index (χ0v) is 15.1. The molecule has 1 saturated heterocycles. The number of rotatable bonds is 3. The topological polar surface area (TPSA) is 29.5 Å². The van der Waals surface area contributed by atoms with Crippen LogP contribution in [0.1, 0.15) is 47.7 Å². The highest BCUT2D eigenvalue weighted by molar-refractivity contribution is 6.00. The molecular weight excluding hydrogens is 329 g/mol. The fourth-order valence-corrected chi connectivity index (χ4v) is 4.03. The van der Waals surface area contributed by atoms with Gasteiger partial charge in [0.1, 0.15) is 17.2 Å². The summed E-state index contributed by atoms with van der Waals surface area (Å²) in [5.41, 5.74) is 2.21. The van der Waals surface area contributed by atoms with E-state index >= 15 is 0 Å². The molecule has 2 aromatic carbocycles. The van der Waals surface area contributed by atoms with Crippen LogP contribution in [0.25, 0.3) is 0 Å². The van der Waals surface area contributed by atoms with E-state index in [2.05, 4.69) is 11.8 Å². The average molecular weight is 353 g/mol. The van der Waals surface area contributed by atoms with E-state index in [4.69, 9.17) is 4.74 Å². The largest absolute Gasteiger partial charge is 0.486 e. The quantitative estimate of drug-likeness (QED) is 0.820. The van der Waals surface area contributed by atoms with E-state index in [1.54, 1.807) is 6.07 Å². The Bertz CT molecular complexity index is 825. The molecule has 4 rings (SSSR count). The van der Waals surface area contributed by atoms with Crippen molar-refractivity contribution in [3.05, 3.63) is 65.0 Å². The molecule has 0 amide bonds. The van der Waals surface area contributed by atoms with Crippen LogP contribution in [0.2, 0.25) is 0 Å². The lowest BCUT2D eigenvalue weighted by Crippen LogP contribution is -2.50. The highest BCUT2D eigenvalue weighted by Gasteiger charge is 2.42. The Morgan fingerprint density at radius 3 is 2.65 bits per heavy atom. The Labute approximate surface area is 153 Å². The van der Waals surface area contributed by atoms with Crippen LogP contribution in [0.15, 0.2) is 42.5 Å². The molecule has 0 aromatic heterocycles. The van der Waals surface area contributed by atoms with E-state index in [0.717, 1.165) is 54.8 Å². The van der Waals surface area contributed by atoms with Gasteiger partial charge in [0, 0.05) is 38.0 Å². The number of benzene rings is 2. The van der Waals surface area contributed by atoms with E-state index in [-0.39, 0.29) is 11.6 Å². The Hall–Kier alpha value is -2.20. The van der Waals surface area contributed by atoms with Crippen LogP contribution in [0, 0.1) is 5.82 Å². The molecule has 0 unspecified atom stereocenters. The third-order valence-corrected chi connectivity index (χ3v) is 5.68. The predicted octanol–water partition coefficient (Wildman–Crippen LogP) is 4.39. The Kier molecular flexibility index (Phi) is 4.53. The predicted molar refractivity (Wildman–Crippen MR) is 99.0 cm³/mol. The van der Waals surface area contributed by atoms with Crippen LogP contribution in [0.3, 0.4) is 0 Å². The second-order valence-corrected chi connectivity index (χ2v) is 7.44. The van der Waals surface area contributed by atoms with Gasteiger partial charge in [-0.3, -0.25) is 9.69 Å². The first-order valence-electron chi connectivity index (χ1n) is 9.39. The summed E-state index contributed by atoms with van der Waals surface area (Å²) in [6, 6.07) is 12.9. The number of hydrogen-bond donors (Lipinski definition) is 0. The fraction of sp³-hybridized carbons (Fsp3) is 0.409. The standard InChI is InChI=1S/C22H24FNO2/c1-2-16-7-8-21-18(13-16)20(25)14-22(26-21)9-11-24(12-10-22)15-17-5-3-4-6-19(17)23/h3-8,13H,2,9-12,14-15H2,1H3. The van der Waals surface area contributed by atoms with Crippen molar-refractivity contribution in [3.63, 3.8) is 0 Å². The molecule has 4 heteroatoms. The summed E-state index contributed by atoms with van der Waals surface area (Å²) in [7, 11) is 0. The van der Waals surface area contributed by atoms with Gasteiger partial charge in [-0.25, -0.2) is 4.39 Å². The number of Topliss-reactive ketones (excluding diaryl/α,β-unsaturated/α-hetero) is 1. The summed E-state index contributed by atoms with van der Waals surface area (Å²) in [4.78, 5) is 14.9. The molecule has 26 heavy (non-hydrogen) atoms. The summed E-state index contributed by atoms with van der Waals surface area (Å²) in [6.07, 6.45) is 2.95. The molecular formula is C22H24FNO2. The molecule has 2 aliphatic rings. The number of carbonyl (C=O) groups excluding carboxylic acids is 1. The van der Waals surface area contributed by atoms with Gasteiger partial charge in [0.15, 0.2) is 5.78 Å². The van der Waals surface area contributed by atoms with E-state index in [9.17, 15) is 9.18 Å². The molecule has 136 valence electrons. The second kappa shape index (κ2) is 6.84. The minimum atomic E-state index is -0.399. The molecule has 2 heterocycles. The minimum absolute atomic E-state index is 0.155. The van der Waals surface area contributed by atoms with Crippen LogP contribution >= 0.6 is 0 Å². The van der Waals surface area contributed by atoms with E-state index in [1.165, 1.54) is 6.07 Å². The van der Waals surface area contributed by atoms with Crippen LogP contribution in [0.4, 0.5) is 4.39 Å². The molecule has 1 fully saturated rings. The van der Waals surface area contributed by atoms with E-state index in [1.807, 2.05) is 30.3 Å². The highest BCUT2D eigenvalue weighted by atomic mass is 19.1. The lowest BCUT2D eigenvalue weighted by Gasteiger charge is -2.44. The second-order valence-electron chi connectivity index (χ2n) is 7.44. The van der Waals surface area contributed by atoms with Crippen LogP contribution < -0.4 is 4.74 Å². The summed E-state index contributed by atoms with van der Waals surface area (Å²) >= 11 is 0. The number of likely N-dealkylation sites (tertiary alicyclic amines) is 1. The highest BCUT2D eigenvalue weighted by Crippen LogP contribution is 2.40. The van der Waals surface area contributed by atoms with Crippen molar-refractivity contribution in [2.75, 3.05) is 13.1 Å². The molecule has 3 nitrogen and oxygen atoms in total. The lowest BCUT2D eigenvalue weighted by atomic mass is 9.82. The normalized spacial score (nSPS) is 19.2. The third kappa shape index (κ3) is 3.26. The van der Waals surface area contributed by atoms with Gasteiger partial charge in [0.2, 0.25) is 0 Å². The number of hydrogen-bond acceptors (Lipinski definition) is 3. The average Bonchev–Trinajstić information content (AvgIpc) is 2.65. The number of piperidine rings is 1. The first-order chi connectivity index (χ1) is 12.6. The Morgan fingerprint density at radius 1 is 1.15 bits per heavy atom. The number of halogens is 1. The van der Waals surface area contributed by atoms with Crippen molar-refractivity contribution < 1.29 is 13.9 Å². The fourth-order valence-electron chi connectivity index (χ4n) is 4.03. The smallest absolute Gasteiger partial charge is 0.170 e. The number of ether oxygens (including phenoxy) is 1. The molecule has 0 aliphatic carbocycles. The minimum Gasteiger partial charge on any atom is -0.486 e. The number of ketones is 1. The maximum absolute atomic E-state index is 13.9. The summed E-state index contributed by atoms with van der Waals surface area (Å²) in [6.45, 7) is 4.31. The van der Waals surface area contributed by atoms with Gasteiger partial charge in [-0.05, 0) is 30.2 Å². The Balaban J connectivity index is 1.45. The van der Waals surface area contributed by atoms with Gasteiger partial charge >= 0.3 is 0 Å². The first-order valence-corrected chi connectivity index (χ1v) is 9.39. The van der Waals surface area contributed by atoms with Crippen molar-refractivity contribution in [3.8, 4) is 5.75 Å². The summed E-state index contributed by atoms with van der Waals surface area (Å²) in [5, 5.41) is 0. The summed E-state index contributed by atoms with van der Waals surface area (Å²) < 4.78 is 20.2. The zero-order chi connectivity index (χ0) is 18.1. The van der Waals surface area contributed by atoms with Gasteiger partial charge in [-0.15, -0.1) is 0 Å². The number of fused-ring (bicyclic) bond motifs is 1. The van der Waals surface area contributed by atoms with Crippen molar-refractivity contribution in [2.24, 2.45) is 0 Å². The van der Waals surface area contributed by atoms with E-state index < -0.39 is 5.60 Å². The lowest BCUT2D eigenvalue weighted by molar-refractivity contribution is -0.0109. The van der Waals surface area contributed by atoms with Crippen molar-refractivity contribution in [2.45, 2.75) is 44.8 Å². The summed E-state index contributed by atoms with van der Waals surface area (Å²) in [5.74, 6) is 0.752. The van der Waals surface area contributed by atoms with Crippen LogP contribution in [0.5, 0.6) is 5.75 Å². The number of aryl methyl sites for hydroxylation is 1. The molecule has 0 N–H and O–H groups in total. The van der Waals surface area contributed by atoms with Gasteiger partial charge in [-0.2, -0.15) is 0 Å². The zero-order valence-electron chi connectivity index (χ0n) is 15.1. The van der Waals surface area contributed by atoms with Crippen molar-refractivity contribution in [1.82, 2.24) is 4.90 Å². The molecule has 0 radical (unpaired) electrons. The maximum Gasteiger partial charge on any atom is 0.170 e. The van der Waals surface area contributed by atoms with Crippen LogP contribution in [-0.2, 0) is 13.0 Å². The third-order valence-electron chi connectivity index (χ3n) is 5.68. The molecule has 2 aromatic rings. The monoisotopic (exact) mass is 353 g/mol. The van der Waals surface area contributed by atoms with Gasteiger partial charge in [-0.1, -0.05) is 31.2 Å². The van der Waals surface area contributed by atoms with E-state index in [0.29, 0.717) is 13.0 Å². The molecule has 0 atom stereocenters. The molecule has 1 spiro atoms. The molecule has 0 bridgehead atoms. The van der Waals surface area contributed by atoms with Gasteiger partial charge < -0.3 is 4.74 Å². The van der Waals surface area contributed by atoms with Crippen molar-refractivity contribution >= 4 is 5.78 Å². The van der Waals surface area contributed by atoms with Crippen LogP contribution in [-0.4, -0.2) is 29.4 Å². The Morgan fingerprint density at radius 2 is 1.92 bits per heavy atom. The van der Waals surface area contributed by atoms with Gasteiger partial charge in [0.05, 0.1) is 12.0 Å².